The summed E-state index contributed by atoms with van der Waals surface area (Å²) in [5.41, 5.74) is 6.38. The maximum atomic E-state index is 5.74. The van der Waals surface area contributed by atoms with Crippen LogP contribution in [0.5, 0.6) is 11.5 Å². The van der Waals surface area contributed by atoms with E-state index in [4.69, 9.17) is 22.7 Å². The van der Waals surface area contributed by atoms with Crippen LogP contribution in [0.4, 0.5) is 0 Å². The quantitative estimate of drug-likeness (QED) is 0.874. The molecule has 0 unspecified atom stereocenters. The third-order valence-corrected chi connectivity index (χ3v) is 2.94. The van der Waals surface area contributed by atoms with Crippen molar-refractivity contribution in [1.82, 2.24) is 0 Å². The molecule has 0 aliphatic heterocycles. The summed E-state index contributed by atoms with van der Waals surface area (Å²) in [6.45, 7) is 0. The number of para-hydroxylation sites is 1. The van der Waals surface area contributed by atoms with Crippen molar-refractivity contribution in [2.75, 3.05) is 0 Å². The van der Waals surface area contributed by atoms with Crippen molar-refractivity contribution in [1.29, 1.82) is 0 Å². The highest BCUT2D eigenvalue weighted by atomic mass is 79.9. The number of thiocarbonyl (C=S) groups is 1. The van der Waals surface area contributed by atoms with Gasteiger partial charge >= 0.3 is 0 Å². The van der Waals surface area contributed by atoms with Gasteiger partial charge in [-0.05, 0) is 36.4 Å². The molecule has 0 aliphatic carbocycles. The minimum atomic E-state index is 0.331. The van der Waals surface area contributed by atoms with Crippen molar-refractivity contribution in [2.24, 2.45) is 5.73 Å². The monoisotopic (exact) mass is 307 g/mol. The van der Waals surface area contributed by atoms with Crippen LogP contribution in [0, 0.1) is 0 Å². The number of rotatable bonds is 3. The van der Waals surface area contributed by atoms with Gasteiger partial charge in [0.05, 0.1) is 5.56 Å². The summed E-state index contributed by atoms with van der Waals surface area (Å²) in [6.07, 6.45) is 0. The van der Waals surface area contributed by atoms with Crippen LogP contribution in [0.2, 0.25) is 0 Å². The average molecular weight is 308 g/mol. The Kier molecular flexibility index (Phi) is 3.76. The standard InChI is InChI=1S/C13H10BrNOS/c14-9-5-7-10(8-6-9)16-12-4-2-1-3-11(12)13(15)17/h1-8H,(H2,15,17). The highest BCUT2D eigenvalue weighted by molar-refractivity contribution is 9.10. The van der Waals surface area contributed by atoms with Gasteiger partial charge in [0, 0.05) is 4.47 Å². The minimum Gasteiger partial charge on any atom is -0.457 e. The lowest BCUT2D eigenvalue weighted by atomic mass is 10.2. The molecular formula is C13H10BrNOS. The maximum Gasteiger partial charge on any atom is 0.137 e. The summed E-state index contributed by atoms with van der Waals surface area (Å²) in [7, 11) is 0. The van der Waals surface area contributed by atoms with E-state index in [1.807, 2.05) is 48.5 Å². The predicted octanol–water partition coefficient (Wildman–Crippen LogP) is 3.88. The summed E-state index contributed by atoms with van der Waals surface area (Å²) in [5.74, 6) is 1.42. The van der Waals surface area contributed by atoms with E-state index in [-0.39, 0.29) is 0 Å². The lowest BCUT2D eigenvalue weighted by Crippen LogP contribution is -2.10. The lowest BCUT2D eigenvalue weighted by molar-refractivity contribution is 0.481. The Morgan fingerprint density at radius 3 is 2.35 bits per heavy atom. The molecule has 0 saturated carbocycles. The van der Waals surface area contributed by atoms with E-state index in [0.29, 0.717) is 10.7 Å². The number of ether oxygens (including phenoxy) is 1. The first-order valence-electron chi connectivity index (χ1n) is 4.99. The summed E-state index contributed by atoms with van der Waals surface area (Å²) in [5, 5.41) is 0. The van der Waals surface area contributed by atoms with Crippen molar-refractivity contribution in [2.45, 2.75) is 0 Å². The zero-order valence-electron chi connectivity index (χ0n) is 8.89. The van der Waals surface area contributed by atoms with E-state index in [0.717, 1.165) is 15.8 Å². The van der Waals surface area contributed by atoms with Crippen molar-refractivity contribution >= 4 is 33.1 Å². The molecule has 2 nitrogen and oxygen atoms in total. The molecule has 0 aliphatic rings. The van der Waals surface area contributed by atoms with Crippen LogP contribution < -0.4 is 10.5 Å². The van der Waals surface area contributed by atoms with Gasteiger partial charge in [0.25, 0.3) is 0 Å². The largest absolute Gasteiger partial charge is 0.457 e. The van der Waals surface area contributed by atoms with Crippen molar-refractivity contribution in [3.8, 4) is 11.5 Å². The Morgan fingerprint density at radius 1 is 1.06 bits per heavy atom. The van der Waals surface area contributed by atoms with Gasteiger partial charge in [-0.1, -0.05) is 40.3 Å². The van der Waals surface area contributed by atoms with Crippen LogP contribution in [0.25, 0.3) is 0 Å². The second kappa shape index (κ2) is 5.29. The van der Waals surface area contributed by atoms with E-state index in [9.17, 15) is 0 Å². The van der Waals surface area contributed by atoms with Crippen LogP contribution in [0.15, 0.2) is 53.0 Å². The number of hydrogen-bond acceptors (Lipinski definition) is 2. The van der Waals surface area contributed by atoms with E-state index in [1.54, 1.807) is 0 Å². The first-order chi connectivity index (χ1) is 8.16. The fraction of sp³-hybridized carbons (Fsp3) is 0. The van der Waals surface area contributed by atoms with Gasteiger partial charge in [0.2, 0.25) is 0 Å². The molecule has 0 radical (unpaired) electrons. The van der Waals surface area contributed by atoms with Crippen LogP contribution in [-0.4, -0.2) is 4.99 Å². The Morgan fingerprint density at radius 2 is 1.71 bits per heavy atom. The molecule has 0 fully saturated rings. The molecule has 4 heteroatoms. The molecule has 2 rings (SSSR count). The normalized spacial score (nSPS) is 9.94. The smallest absolute Gasteiger partial charge is 0.137 e. The zero-order valence-corrected chi connectivity index (χ0v) is 11.3. The molecule has 17 heavy (non-hydrogen) atoms. The average Bonchev–Trinajstić information content (AvgIpc) is 2.32. The van der Waals surface area contributed by atoms with Gasteiger partial charge in [-0.15, -0.1) is 0 Å². The van der Waals surface area contributed by atoms with E-state index in [2.05, 4.69) is 15.9 Å². The van der Waals surface area contributed by atoms with E-state index < -0.39 is 0 Å². The second-order valence-electron chi connectivity index (χ2n) is 3.42. The molecule has 0 atom stereocenters. The molecule has 0 aromatic heterocycles. The van der Waals surface area contributed by atoms with Gasteiger partial charge < -0.3 is 10.5 Å². The van der Waals surface area contributed by atoms with Gasteiger partial charge in [-0.3, -0.25) is 0 Å². The Bertz CT molecular complexity index is 539. The molecular weight excluding hydrogens is 298 g/mol. The number of benzene rings is 2. The number of hydrogen-bond donors (Lipinski definition) is 1. The zero-order chi connectivity index (χ0) is 12.3. The Labute approximate surface area is 114 Å². The summed E-state index contributed by atoms with van der Waals surface area (Å²) in [4.78, 5) is 0.331. The highest BCUT2D eigenvalue weighted by Crippen LogP contribution is 2.26. The fourth-order valence-electron chi connectivity index (χ4n) is 1.39. The molecule has 0 heterocycles. The van der Waals surface area contributed by atoms with Crippen LogP contribution in [0.1, 0.15) is 5.56 Å². The first kappa shape index (κ1) is 12.1. The molecule has 2 N–H and O–H groups in total. The van der Waals surface area contributed by atoms with Crippen molar-refractivity contribution in [3.63, 3.8) is 0 Å². The molecule has 0 amide bonds. The van der Waals surface area contributed by atoms with Gasteiger partial charge in [0.1, 0.15) is 16.5 Å². The molecule has 86 valence electrons. The maximum absolute atomic E-state index is 5.74. The van der Waals surface area contributed by atoms with E-state index >= 15 is 0 Å². The van der Waals surface area contributed by atoms with E-state index in [1.165, 1.54) is 0 Å². The number of nitrogens with two attached hydrogens (primary N) is 1. The molecule has 0 spiro atoms. The Balaban J connectivity index is 2.30. The van der Waals surface area contributed by atoms with Gasteiger partial charge in [-0.2, -0.15) is 0 Å². The summed E-state index contributed by atoms with van der Waals surface area (Å²) >= 11 is 8.35. The van der Waals surface area contributed by atoms with Crippen molar-refractivity contribution < 1.29 is 4.74 Å². The van der Waals surface area contributed by atoms with Crippen LogP contribution in [-0.2, 0) is 0 Å². The molecule has 0 bridgehead atoms. The fourth-order valence-corrected chi connectivity index (χ4v) is 1.82. The third kappa shape index (κ3) is 3.05. The molecule has 2 aromatic carbocycles. The van der Waals surface area contributed by atoms with Gasteiger partial charge in [-0.25, -0.2) is 0 Å². The SMILES string of the molecule is NC(=S)c1ccccc1Oc1ccc(Br)cc1. The summed E-state index contributed by atoms with van der Waals surface area (Å²) < 4.78 is 6.74. The second-order valence-corrected chi connectivity index (χ2v) is 4.77. The summed E-state index contributed by atoms with van der Waals surface area (Å²) in [6, 6.07) is 15.0. The van der Waals surface area contributed by atoms with Gasteiger partial charge in [0.15, 0.2) is 0 Å². The third-order valence-electron chi connectivity index (χ3n) is 2.19. The van der Waals surface area contributed by atoms with Crippen LogP contribution >= 0.6 is 28.1 Å². The molecule has 0 saturated heterocycles. The molecule has 2 aromatic rings. The lowest BCUT2D eigenvalue weighted by Gasteiger charge is -2.09. The topological polar surface area (TPSA) is 35.2 Å². The Hall–Kier alpha value is -1.39. The number of halogens is 1. The first-order valence-corrected chi connectivity index (χ1v) is 6.19. The highest BCUT2D eigenvalue weighted by Gasteiger charge is 2.06. The minimum absolute atomic E-state index is 0.331. The van der Waals surface area contributed by atoms with Crippen molar-refractivity contribution in [3.05, 3.63) is 58.6 Å². The predicted molar refractivity (Wildman–Crippen MR) is 76.5 cm³/mol. The van der Waals surface area contributed by atoms with Crippen LogP contribution in [0.3, 0.4) is 0 Å².